The SMILES string of the molecule is COc1cc(-c2ccnc3cn(CCc4ccc5ccccc5n4)c(O)c23)c(OC)nn1. The number of hydrogen-bond acceptors (Lipinski definition) is 7. The molecule has 32 heavy (non-hydrogen) atoms. The molecule has 0 fully saturated rings. The number of nitrogens with zero attached hydrogens (tertiary/aromatic N) is 5. The summed E-state index contributed by atoms with van der Waals surface area (Å²) in [7, 11) is 3.05. The molecular weight excluding hydrogens is 406 g/mol. The minimum absolute atomic E-state index is 0.127. The van der Waals surface area contributed by atoms with Crippen LogP contribution in [0.3, 0.4) is 0 Å². The minimum Gasteiger partial charge on any atom is -0.494 e. The third-order valence-corrected chi connectivity index (χ3v) is 5.45. The standard InChI is InChI=1S/C24H21N5O3/c1-31-21-13-18(23(32-2)28-27-21)17-9-11-25-20-14-29(24(30)22(17)20)12-10-16-8-7-15-5-3-4-6-19(15)26-16/h3-9,11,13-14,30H,10,12H2,1-2H3. The summed E-state index contributed by atoms with van der Waals surface area (Å²) in [4.78, 5) is 9.16. The summed E-state index contributed by atoms with van der Waals surface area (Å²) in [5.41, 5.74) is 3.99. The molecule has 0 bridgehead atoms. The fourth-order valence-corrected chi connectivity index (χ4v) is 3.85. The Morgan fingerprint density at radius 1 is 0.938 bits per heavy atom. The maximum atomic E-state index is 11.1. The molecule has 4 aromatic heterocycles. The lowest BCUT2D eigenvalue weighted by atomic mass is 10.1. The van der Waals surface area contributed by atoms with Gasteiger partial charge in [0.05, 0.1) is 36.2 Å². The summed E-state index contributed by atoms with van der Waals surface area (Å²) in [5, 5.41) is 20.8. The number of hydrogen-bond donors (Lipinski definition) is 1. The van der Waals surface area contributed by atoms with Crippen LogP contribution in [-0.4, -0.2) is 44.1 Å². The van der Waals surface area contributed by atoms with Crippen molar-refractivity contribution >= 4 is 21.8 Å². The lowest BCUT2D eigenvalue weighted by Gasteiger charge is -2.10. The van der Waals surface area contributed by atoms with Crippen LogP contribution in [0.1, 0.15) is 5.69 Å². The molecule has 8 nitrogen and oxygen atoms in total. The second-order valence-electron chi connectivity index (χ2n) is 7.32. The average molecular weight is 427 g/mol. The Hall–Kier alpha value is -4.20. The normalized spacial score (nSPS) is 11.2. The van der Waals surface area contributed by atoms with Crippen molar-refractivity contribution in [2.45, 2.75) is 13.0 Å². The Kier molecular flexibility index (Phi) is 5.03. The highest BCUT2D eigenvalue weighted by Crippen LogP contribution is 2.39. The van der Waals surface area contributed by atoms with E-state index in [1.165, 1.54) is 14.2 Å². The van der Waals surface area contributed by atoms with Gasteiger partial charge >= 0.3 is 0 Å². The predicted molar refractivity (Wildman–Crippen MR) is 121 cm³/mol. The average Bonchev–Trinajstić information content (AvgIpc) is 3.17. The number of ether oxygens (including phenoxy) is 2. The fourth-order valence-electron chi connectivity index (χ4n) is 3.85. The van der Waals surface area contributed by atoms with Crippen LogP contribution >= 0.6 is 0 Å². The molecule has 5 rings (SSSR count). The van der Waals surface area contributed by atoms with E-state index in [-0.39, 0.29) is 5.88 Å². The number of rotatable bonds is 6. The van der Waals surface area contributed by atoms with E-state index in [1.54, 1.807) is 16.8 Å². The van der Waals surface area contributed by atoms with Gasteiger partial charge in [0.1, 0.15) is 0 Å². The summed E-state index contributed by atoms with van der Waals surface area (Å²) in [6, 6.07) is 15.7. The molecule has 0 aliphatic rings. The topological polar surface area (TPSA) is 95.2 Å². The number of aryl methyl sites for hydroxylation is 2. The van der Waals surface area contributed by atoms with Crippen molar-refractivity contribution in [2.75, 3.05) is 14.2 Å². The minimum atomic E-state index is 0.127. The van der Waals surface area contributed by atoms with Gasteiger partial charge in [0.15, 0.2) is 0 Å². The third-order valence-electron chi connectivity index (χ3n) is 5.45. The van der Waals surface area contributed by atoms with Gasteiger partial charge in [-0.15, -0.1) is 10.2 Å². The van der Waals surface area contributed by atoms with Gasteiger partial charge in [0.25, 0.3) is 0 Å². The molecule has 4 heterocycles. The summed E-state index contributed by atoms with van der Waals surface area (Å²) in [5.74, 6) is 0.819. The van der Waals surface area contributed by atoms with E-state index in [4.69, 9.17) is 14.5 Å². The van der Waals surface area contributed by atoms with Crippen LogP contribution < -0.4 is 9.47 Å². The summed E-state index contributed by atoms with van der Waals surface area (Å²) < 4.78 is 12.4. The van der Waals surface area contributed by atoms with E-state index in [0.29, 0.717) is 41.2 Å². The highest BCUT2D eigenvalue weighted by molar-refractivity contribution is 5.99. The first-order valence-electron chi connectivity index (χ1n) is 10.2. The molecule has 1 aromatic carbocycles. The van der Waals surface area contributed by atoms with Gasteiger partial charge in [-0.05, 0) is 18.2 Å². The van der Waals surface area contributed by atoms with Gasteiger partial charge in [-0.2, -0.15) is 0 Å². The zero-order valence-electron chi connectivity index (χ0n) is 17.7. The highest BCUT2D eigenvalue weighted by Gasteiger charge is 2.19. The van der Waals surface area contributed by atoms with Crippen LogP contribution in [0.5, 0.6) is 17.6 Å². The Bertz CT molecular complexity index is 1430. The molecule has 0 aliphatic heterocycles. The van der Waals surface area contributed by atoms with Crippen molar-refractivity contribution in [1.29, 1.82) is 0 Å². The Morgan fingerprint density at radius 3 is 2.66 bits per heavy atom. The maximum absolute atomic E-state index is 11.1. The second kappa shape index (κ2) is 8.14. The molecule has 0 spiro atoms. The molecule has 5 aromatic rings. The van der Waals surface area contributed by atoms with Crippen LogP contribution in [0.15, 0.2) is 60.9 Å². The zero-order valence-corrected chi connectivity index (χ0v) is 17.7. The molecule has 0 saturated carbocycles. The summed E-state index contributed by atoms with van der Waals surface area (Å²) in [6.45, 7) is 0.558. The second-order valence-corrected chi connectivity index (χ2v) is 7.32. The van der Waals surface area contributed by atoms with Gasteiger partial charge in [-0.25, -0.2) is 0 Å². The maximum Gasteiger partial charge on any atom is 0.241 e. The third kappa shape index (κ3) is 3.45. The molecule has 0 amide bonds. The van der Waals surface area contributed by atoms with Crippen molar-refractivity contribution in [3.05, 3.63) is 66.6 Å². The monoisotopic (exact) mass is 427 g/mol. The van der Waals surface area contributed by atoms with Crippen molar-refractivity contribution in [3.8, 4) is 28.8 Å². The molecule has 0 radical (unpaired) electrons. The molecule has 0 saturated heterocycles. The summed E-state index contributed by atoms with van der Waals surface area (Å²) in [6.07, 6.45) is 4.20. The van der Waals surface area contributed by atoms with E-state index >= 15 is 0 Å². The smallest absolute Gasteiger partial charge is 0.241 e. The first-order valence-corrected chi connectivity index (χ1v) is 10.2. The largest absolute Gasteiger partial charge is 0.494 e. The Morgan fingerprint density at radius 2 is 1.81 bits per heavy atom. The van der Waals surface area contributed by atoms with Gasteiger partial charge in [-0.1, -0.05) is 24.3 Å². The van der Waals surface area contributed by atoms with Gasteiger partial charge in [0.2, 0.25) is 17.6 Å². The Labute approximate surface area is 184 Å². The summed E-state index contributed by atoms with van der Waals surface area (Å²) >= 11 is 0. The van der Waals surface area contributed by atoms with E-state index in [9.17, 15) is 5.11 Å². The van der Waals surface area contributed by atoms with Gasteiger partial charge < -0.3 is 19.1 Å². The van der Waals surface area contributed by atoms with E-state index in [2.05, 4.69) is 21.2 Å². The quantitative estimate of drug-likeness (QED) is 0.437. The van der Waals surface area contributed by atoms with Gasteiger partial charge in [-0.3, -0.25) is 9.97 Å². The molecule has 0 aliphatic carbocycles. The van der Waals surface area contributed by atoms with E-state index in [0.717, 1.165) is 22.2 Å². The zero-order chi connectivity index (χ0) is 22.1. The van der Waals surface area contributed by atoms with Crippen molar-refractivity contribution in [1.82, 2.24) is 24.7 Å². The fraction of sp³-hybridized carbons (Fsp3) is 0.167. The van der Waals surface area contributed by atoms with E-state index in [1.807, 2.05) is 42.6 Å². The number of aromatic hydroxyl groups is 1. The highest BCUT2D eigenvalue weighted by atomic mass is 16.5. The van der Waals surface area contributed by atoms with Crippen molar-refractivity contribution in [3.63, 3.8) is 0 Å². The van der Waals surface area contributed by atoms with Crippen LogP contribution in [0.25, 0.3) is 32.9 Å². The lowest BCUT2D eigenvalue weighted by Crippen LogP contribution is -2.01. The molecule has 8 heteroatoms. The number of aromatic nitrogens is 5. The first-order chi connectivity index (χ1) is 15.7. The first kappa shape index (κ1) is 19.7. The number of fused-ring (bicyclic) bond motifs is 2. The molecular formula is C24H21N5O3. The van der Waals surface area contributed by atoms with Crippen molar-refractivity contribution in [2.24, 2.45) is 0 Å². The molecule has 0 unspecified atom stereocenters. The Balaban J connectivity index is 1.52. The number of pyridine rings is 2. The number of methoxy groups -OCH3 is 2. The lowest BCUT2D eigenvalue weighted by molar-refractivity contribution is 0.369. The number of benzene rings is 1. The van der Waals surface area contributed by atoms with Crippen LogP contribution in [-0.2, 0) is 13.0 Å². The number of para-hydroxylation sites is 1. The predicted octanol–water partition coefficient (Wildman–Crippen LogP) is 4.01. The molecule has 1 N–H and O–H groups in total. The molecule has 160 valence electrons. The molecule has 0 atom stereocenters. The van der Waals surface area contributed by atoms with E-state index < -0.39 is 0 Å². The van der Waals surface area contributed by atoms with Crippen LogP contribution in [0.2, 0.25) is 0 Å². The van der Waals surface area contributed by atoms with Crippen LogP contribution in [0, 0.1) is 0 Å². The van der Waals surface area contributed by atoms with Crippen molar-refractivity contribution < 1.29 is 14.6 Å². The van der Waals surface area contributed by atoms with Crippen LogP contribution in [0.4, 0.5) is 0 Å². The van der Waals surface area contributed by atoms with Gasteiger partial charge in [0, 0.05) is 48.1 Å².